The fraction of sp³-hybridized carbons (Fsp3) is 0.529. The van der Waals surface area contributed by atoms with Gasteiger partial charge in [-0.25, -0.2) is 0 Å². The van der Waals surface area contributed by atoms with Crippen LogP contribution in [0.2, 0.25) is 0 Å². The van der Waals surface area contributed by atoms with Gasteiger partial charge in [0.25, 0.3) is 0 Å². The Hall–Kier alpha value is -1.68. The summed E-state index contributed by atoms with van der Waals surface area (Å²) in [5.41, 5.74) is 1.49. The molecule has 0 amide bonds. The SMILES string of the molecule is CCN(CC)C(C)(C)C(=O)Cc1nn(C)c2ccccc12. The summed E-state index contributed by atoms with van der Waals surface area (Å²) in [5.74, 6) is 0.218. The molecule has 4 heteroatoms. The van der Waals surface area contributed by atoms with Crippen LogP contribution in [-0.4, -0.2) is 39.1 Å². The Morgan fingerprint density at radius 2 is 1.86 bits per heavy atom. The van der Waals surface area contributed by atoms with Crippen molar-refractivity contribution in [3.8, 4) is 0 Å². The van der Waals surface area contributed by atoms with Gasteiger partial charge in [0, 0.05) is 12.4 Å². The summed E-state index contributed by atoms with van der Waals surface area (Å²) in [7, 11) is 1.92. The van der Waals surface area contributed by atoms with Crippen molar-refractivity contribution in [1.82, 2.24) is 14.7 Å². The van der Waals surface area contributed by atoms with E-state index in [0.29, 0.717) is 6.42 Å². The number of para-hydroxylation sites is 1. The summed E-state index contributed by atoms with van der Waals surface area (Å²) in [6.07, 6.45) is 0.380. The number of carbonyl (C=O) groups is 1. The minimum atomic E-state index is -0.456. The van der Waals surface area contributed by atoms with E-state index in [1.807, 2.05) is 49.8 Å². The molecule has 0 fully saturated rings. The number of hydrogen-bond donors (Lipinski definition) is 0. The smallest absolute Gasteiger partial charge is 0.158 e. The molecule has 0 bridgehead atoms. The Bertz CT molecular complexity index is 639. The first kappa shape index (κ1) is 15.7. The van der Waals surface area contributed by atoms with Crippen LogP contribution >= 0.6 is 0 Å². The first-order chi connectivity index (χ1) is 9.91. The van der Waals surface area contributed by atoms with Crippen LogP contribution in [0.25, 0.3) is 10.9 Å². The minimum absolute atomic E-state index is 0.218. The Morgan fingerprint density at radius 3 is 2.48 bits per heavy atom. The molecular formula is C17H25N3O. The molecule has 2 rings (SSSR count). The quantitative estimate of drug-likeness (QED) is 0.820. The molecule has 2 aromatic rings. The highest BCUT2D eigenvalue weighted by atomic mass is 16.1. The lowest BCUT2D eigenvalue weighted by Crippen LogP contribution is -2.50. The van der Waals surface area contributed by atoms with Crippen LogP contribution in [0.1, 0.15) is 33.4 Å². The highest BCUT2D eigenvalue weighted by Crippen LogP contribution is 2.22. The number of Topliss-reactive ketones (excluding diaryl/α,β-unsaturated/α-hetero) is 1. The van der Waals surface area contributed by atoms with Gasteiger partial charge in [-0.15, -0.1) is 0 Å². The largest absolute Gasteiger partial charge is 0.297 e. The molecule has 114 valence electrons. The second-order valence-electron chi connectivity index (χ2n) is 5.92. The van der Waals surface area contributed by atoms with Crippen LogP contribution in [0.15, 0.2) is 24.3 Å². The summed E-state index contributed by atoms with van der Waals surface area (Å²) in [5, 5.41) is 5.60. The third kappa shape index (κ3) is 2.86. The number of nitrogens with zero attached hydrogens (tertiary/aromatic N) is 3. The van der Waals surface area contributed by atoms with Crippen molar-refractivity contribution in [2.24, 2.45) is 7.05 Å². The number of carbonyl (C=O) groups excluding carboxylic acids is 1. The number of aryl methyl sites for hydroxylation is 1. The first-order valence-corrected chi connectivity index (χ1v) is 7.60. The average molecular weight is 287 g/mol. The summed E-state index contributed by atoms with van der Waals surface area (Å²) in [6.45, 7) is 9.95. The van der Waals surface area contributed by atoms with E-state index in [4.69, 9.17) is 0 Å². The second-order valence-corrected chi connectivity index (χ2v) is 5.92. The van der Waals surface area contributed by atoms with E-state index >= 15 is 0 Å². The Morgan fingerprint density at radius 1 is 1.24 bits per heavy atom. The predicted molar refractivity (Wildman–Crippen MR) is 86.4 cm³/mol. The molecule has 1 aromatic heterocycles. The highest BCUT2D eigenvalue weighted by Gasteiger charge is 2.33. The molecule has 0 atom stereocenters. The average Bonchev–Trinajstić information content (AvgIpc) is 2.77. The number of hydrogen-bond acceptors (Lipinski definition) is 3. The van der Waals surface area contributed by atoms with Gasteiger partial charge in [-0.1, -0.05) is 32.0 Å². The van der Waals surface area contributed by atoms with Crippen molar-refractivity contribution in [2.45, 2.75) is 39.7 Å². The molecule has 4 nitrogen and oxygen atoms in total. The standard InChI is InChI=1S/C17H25N3O/c1-6-20(7-2)17(3,4)16(21)12-14-13-10-8-9-11-15(13)19(5)18-14/h8-11H,6-7,12H2,1-5H3. The molecule has 0 spiro atoms. The van der Waals surface area contributed by atoms with E-state index in [1.165, 1.54) is 0 Å². The van der Waals surface area contributed by atoms with Gasteiger partial charge in [-0.3, -0.25) is 14.4 Å². The van der Waals surface area contributed by atoms with E-state index in [0.717, 1.165) is 29.7 Å². The molecule has 0 saturated heterocycles. The van der Waals surface area contributed by atoms with Gasteiger partial charge in [0.1, 0.15) is 0 Å². The zero-order valence-corrected chi connectivity index (χ0v) is 13.7. The Balaban J connectivity index is 2.30. The molecule has 0 saturated carbocycles. The molecular weight excluding hydrogens is 262 g/mol. The van der Waals surface area contributed by atoms with E-state index in [2.05, 4.69) is 23.8 Å². The Kier molecular flexibility index (Phi) is 4.47. The summed E-state index contributed by atoms with van der Waals surface area (Å²) in [4.78, 5) is 15.0. The number of likely N-dealkylation sites (N-methyl/N-ethyl adjacent to an activating group) is 1. The summed E-state index contributed by atoms with van der Waals surface area (Å²) >= 11 is 0. The third-order valence-corrected chi connectivity index (χ3v) is 4.40. The zero-order valence-electron chi connectivity index (χ0n) is 13.7. The number of fused-ring (bicyclic) bond motifs is 1. The predicted octanol–water partition coefficient (Wildman–Crippen LogP) is 2.81. The van der Waals surface area contributed by atoms with Gasteiger partial charge in [-0.2, -0.15) is 5.10 Å². The van der Waals surface area contributed by atoms with Gasteiger partial charge in [0.2, 0.25) is 0 Å². The lowest BCUT2D eigenvalue weighted by Gasteiger charge is -2.35. The van der Waals surface area contributed by atoms with Gasteiger partial charge >= 0.3 is 0 Å². The third-order valence-electron chi connectivity index (χ3n) is 4.40. The molecule has 21 heavy (non-hydrogen) atoms. The van der Waals surface area contributed by atoms with Crippen molar-refractivity contribution in [2.75, 3.05) is 13.1 Å². The molecule has 0 aliphatic heterocycles. The maximum absolute atomic E-state index is 12.8. The van der Waals surface area contributed by atoms with Gasteiger partial charge in [0.05, 0.1) is 23.2 Å². The number of benzene rings is 1. The van der Waals surface area contributed by atoms with Gasteiger partial charge in [0.15, 0.2) is 5.78 Å². The van der Waals surface area contributed by atoms with Crippen LogP contribution in [0, 0.1) is 0 Å². The van der Waals surface area contributed by atoms with E-state index in [-0.39, 0.29) is 5.78 Å². The van der Waals surface area contributed by atoms with Gasteiger partial charge in [-0.05, 0) is 33.0 Å². The number of rotatable bonds is 6. The first-order valence-electron chi connectivity index (χ1n) is 7.60. The van der Waals surface area contributed by atoms with Crippen molar-refractivity contribution < 1.29 is 4.79 Å². The lowest BCUT2D eigenvalue weighted by molar-refractivity contribution is -0.128. The van der Waals surface area contributed by atoms with Crippen molar-refractivity contribution in [1.29, 1.82) is 0 Å². The zero-order chi connectivity index (χ0) is 15.6. The van der Waals surface area contributed by atoms with Crippen molar-refractivity contribution >= 4 is 16.7 Å². The molecule has 0 radical (unpaired) electrons. The van der Waals surface area contributed by atoms with E-state index < -0.39 is 5.54 Å². The topological polar surface area (TPSA) is 38.1 Å². The summed E-state index contributed by atoms with van der Waals surface area (Å²) in [6, 6.07) is 8.06. The van der Waals surface area contributed by atoms with E-state index in [1.54, 1.807) is 0 Å². The van der Waals surface area contributed by atoms with E-state index in [9.17, 15) is 4.79 Å². The monoisotopic (exact) mass is 287 g/mol. The lowest BCUT2D eigenvalue weighted by atomic mass is 9.92. The summed E-state index contributed by atoms with van der Waals surface area (Å²) < 4.78 is 1.85. The van der Waals surface area contributed by atoms with Crippen LogP contribution in [0.4, 0.5) is 0 Å². The number of ketones is 1. The molecule has 0 N–H and O–H groups in total. The maximum Gasteiger partial charge on any atom is 0.158 e. The highest BCUT2D eigenvalue weighted by molar-refractivity contribution is 5.93. The Labute approximate surface area is 126 Å². The minimum Gasteiger partial charge on any atom is -0.297 e. The molecule has 1 heterocycles. The van der Waals surface area contributed by atoms with Crippen LogP contribution in [0.3, 0.4) is 0 Å². The van der Waals surface area contributed by atoms with Crippen LogP contribution < -0.4 is 0 Å². The maximum atomic E-state index is 12.8. The molecule has 0 aliphatic carbocycles. The molecule has 0 unspecified atom stereocenters. The van der Waals surface area contributed by atoms with Crippen LogP contribution in [0.5, 0.6) is 0 Å². The van der Waals surface area contributed by atoms with Crippen LogP contribution in [-0.2, 0) is 18.3 Å². The molecule has 1 aromatic carbocycles. The van der Waals surface area contributed by atoms with Crippen molar-refractivity contribution in [3.05, 3.63) is 30.0 Å². The molecule has 0 aliphatic rings. The van der Waals surface area contributed by atoms with Gasteiger partial charge < -0.3 is 0 Å². The fourth-order valence-corrected chi connectivity index (χ4v) is 2.98. The second kappa shape index (κ2) is 5.98. The van der Waals surface area contributed by atoms with Crippen molar-refractivity contribution in [3.63, 3.8) is 0 Å². The normalized spacial score (nSPS) is 12.3. The fourth-order valence-electron chi connectivity index (χ4n) is 2.98. The number of aromatic nitrogens is 2.